The Kier molecular flexibility index (Phi) is 3.66. The maximum atomic E-state index is 11.6. The van der Waals surface area contributed by atoms with Crippen LogP contribution in [0.2, 0.25) is 0 Å². The first-order chi connectivity index (χ1) is 9.94. The van der Waals surface area contributed by atoms with Crippen LogP contribution in [-0.2, 0) is 9.09 Å². The van der Waals surface area contributed by atoms with Gasteiger partial charge in [0.05, 0.1) is 17.4 Å². The molecule has 0 spiro atoms. The lowest BCUT2D eigenvalue weighted by atomic mass is 10.5. The van der Waals surface area contributed by atoms with Gasteiger partial charge in [-0.3, -0.25) is 14.3 Å². The molecule has 4 N–H and O–H groups in total. The lowest BCUT2D eigenvalue weighted by molar-refractivity contribution is 0.106. The van der Waals surface area contributed by atoms with Crippen LogP contribution in [-0.4, -0.2) is 48.5 Å². The van der Waals surface area contributed by atoms with E-state index in [1.165, 1.54) is 22.8 Å². The average Bonchev–Trinajstić information content (AvgIpc) is 2.81. The number of imidazole rings is 1. The van der Waals surface area contributed by atoms with E-state index in [0.29, 0.717) is 0 Å². The highest BCUT2D eigenvalue weighted by atomic mass is 32.2. The molecule has 2 atom stereocenters. The summed E-state index contributed by atoms with van der Waals surface area (Å²) in [6.07, 6.45) is 1.32. The van der Waals surface area contributed by atoms with Crippen LogP contribution in [0.25, 0.3) is 11.2 Å². The number of hydrogen-bond donors (Lipinski definition) is 3. The zero-order valence-electron chi connectivity index (χ0n) is 10.6. The predicted molar refractivity (Wildman–Crippen MR) is 76.0 cm³/mol. The molecule has 21 heavy (non-hydrogen) atoms. The molecule has 3 heterocycles. The summed E-state index contributed by atoms with van der Waals surface area (Å²) in [5.41, 5.74) is 5.39. The fraction of sp³-hybridized carbons (Fsp3) is 0.444. The number of H-pyrrole nitrogens is 1. The van der Waals surface area contributed by atoms with Crippen molar-refractivity contribution < 1.29 is 18.8 Å². The van der Waals surface area contributed by atoms with E-state index >= 15 is 0 Å². The van der Waals surface area contributed by atoms with E-state index in [-0.39, 0.29) is 41.1 Å². The number of thioether (sulfide) groups is 1. The van der Waals surface area contributed by atoms with Crippen molar-refractivity contribution in [1.29, 1.82) is 0 Å². The Balaban J connectivity index is 1.72. The van der Waals surface area contributed by atoms with Gasteiger partial charge in [0.25, 0.3) is 5.56 Å². The topological polar surface area (TPSA) is 145 Å². The Hall–Kier alpha value is -1.55. The summed E-state index contributed by atoms with van der Waals surface area (Å²) in [5.74, 6) is -0.0329. The van der Waals surface area contributed by atoms with Gasteiger partial charge in [-0.25, -0.2) is 4.98 Å². The van der Waals surface area contributed by atoms with E-state index in [0.717, 1.165) is 0 Å². The molecule has 0 amide bonds. The molecule has 0 aliphatic carbocycles. The highest BCUT2D eigenvalue weighted by molar-refractivity contribution is 8.05. The molecule has 2 unspecified atom stereocenters. The third-order valence-corrected chi connectivity index (χ3v) is 5.93. The number of aromatic nitrogens is 4. The van der Waals surface area contributed by atoms with Gasteiger partial charge in [0.1, 0.15) is 12.9 Å². The van der Waals surface area contributed by atoms with Crippen molar-refractivity contribution in [1.82, 2.24) is 19.7 Å². The second-order valence-corrected chi connectivity index (χ2v) is 7.91. The normalized spacial score (nSPS) is 26.0. The zero-order chi connectivity index (χ0) is 15.0. The Morgan fingerprint density at radius 2 is 2.52 bits per heavy atom. The summed E-state index contributed by atoms with van der Waals surface area (Å²) in [6.45, 7) is 0.325. The standard InChI is InChI=1S/C9H12N5O5PS/c10-9-12-7-6(8(15)13-9)11-3-14(7)18-1-5-2-19-20(16,17)4-21-5/h3,5H,1-2,4H2,(H,16,17)(H3,10,12,13,15). The predicted octanol–water partition coefficient (Wildman–Crippen LogP) is -0.595. The number of nitrogen functional groups attached to an aromatic ring is 1. The summed E-state index contributed by atoms with van der Waals surface area (Å²) < 4.78 is 17.4. The molecule has 12 heteroatoms. The molecule has 10 nitrogen and oxygen atoms in total. The van der Waals surface area contributed by atoms with Crippen LogP contribution in [0.15, 0.2) is 11.1 Å². The van der Waals surface area contributed by atoms with E-state index in [2.05, 4.69) is 15.0 Å². The number of hydrogen-bond acceptors (Lipinski definition) is 8. The molecule has 0 aromatic carbocycles. The molecular weight excluding hydrogens is 321 g/mol. The highest BCUT2D eigenvalue weighted by Crippen LogP contribution is 2.50. The quantitative estimate of drug-likeness (QED) is 0.627. The minimum Gasteiger partial charge on any atom is -0.410 e. The highest BCUT2D eigenvalue weighted by Gasteiger charge is 2.30. The van der Waals surface area contributed by atoms with Gasteiger partial charge in [0.2, 0.25) is 11.6 Å². The number of fused-ring (bicyclic) bond motifs is 1. The van der Waals surface area contributed by atoms with Crippen LogP contribution < -0.4 is 16.1 Å². The zero-order valence-corrected chi connectivity index (χ0v) is 12.3. The summed E-state index contributed by atoms with van der Waals surface area (Å²) in [6, 6.07) is 0. The molecule has 1 fully saturated rings. The van der Waals surface area contributed by atoms with Crippen LogP contribution in [0.4, 0.5) is 5.95 Å². The number of nitrogens with one attached hydrogen (secondary N) is 1. The van der Waals surface area contributed by atoms with Gasteiger partial charge in [0.15, 0.2) is 5.52 Å². The fourth-order valence-electron chi connectivity index (χ4n) is 1.75. The molecule has 0 radical (unpaired) electrons. The molecule has 2 aromatic heterocycles. The monoisotopic (exact) mass is 333 g/mol. The van der Waals surface area contributed by atoms with Gasteiger partial charge >= 0.3 is 7.60 Å². The molecule has 0 saturated carbocycles. The van der Waals surface area contributed by atoms with Crippen LogP contribution in [0, 0.1) is 0 Å². The minimum atomic E-state index is -3.45. The van der Waals surface area contributed by atoms with Crippen molar-refractivity contribution in [2.24, 2.45) is 0 Å². The number of rotatable bonds is 3. The van der Waals surface area contributed by atoms with Crippen LogP contribution in [0.1, 0.15) is 0 Å². The lowest BCUT2D eigenvalue weighted by Gasteiger charge is -2.24. The average molecular weight is 333 g/mol. The largest absolute Gasteiger partial charge is 0.410 e. The molecule has 1 aliphatic heterocycles. The van der Waals surface area contributed by atoms with Crippen LogP contribution in [0.5, 0.6) is 0 Å². The maximum absolute atomic E-state index is 11.6. The van der Waals surface area contributed by atoms with Crippen molar-refractivity contribution in [2.75, 3.05) is 24.4 Å². The minimum absolute atomic E-state index is 0.0244. The van der Waals surface area contributed by atoms with Gasteiger partial charge in [-0.05, 0) is 0 Å². The first-order valence-corrected chi connectivity index (χ1v) is 8.70. The van der Waals surface area contributed by atoms with Crippen LogP contribution in [0.3, 0.4) is 0 Å². The van der Waals surface area contributed by atoms with Crippen molar-refractivity contribution >= 4 is 36.5 Å². The van der Waals surface area contributed by atoms with Gasteiger partial charge < -0.3 is 20.0 Å². The SMILES string of the molecule is Nc1nc2c(ncn2OCC2COP(=O)(O)CS2)c(=O)[nH]1. The van der Waals surface area contributed by atoms with Crippen molar-refractivity contribution in [3.8, 4) is 0 Å². The first kappa shape index (κ1) is 14.4. The summed E-state index contributed by atoms with van der Waals surface area (Å²) in [4.78, 5) is 36.5. The third kappa shape index (κ3) is 3.05. The van der Waals surface area contributed by atoms with Crippen molar-refractivity contribution in [2.45, 2.75) is 5.25 Å². The molecular formula is C9H12N5O5PS. The fourth-order valence-corrected chi connectivity index (χ4v) is 4.48. The molecule has 1 saturated heterocycles. The molecule has 114 valence electrons. The second kappa shape index (κ2) is 5.34. The summed E-state index contributed by atoms with van der Waals surface area (Å²) in [7, 11) is -3.45. The van der Waals surface area contributed by atoms with Gasteiger partial charge in [0, 0.05) is 0 Å². The van der Waals surface area contributed by atoms with Crippen molar-refractivity contribution in [3.05, 3.63) is 16.7 Å². The lowest BCUT2D eigenvalue weighted by Crippen LogP contribution is -2.28. The van der Waals surface area contributed by atoms with E-state index in [1.807, 2.05) is 0 Å². The van der Waals surface area contributed by atoms with Crippen molar-refractivity contribution in [3.63, 3.8) is 0 Å². The molecule has 0 bridgehead atoms. The van der Waals surface area contributed by atoms with Gasteiger partial charge in [-0.15, -0.1) is 11.8 Å². The van der Waals surface area contributed by atoms with E-state index in [9.17, 15) is 14.3 Å². The Labute approximate surface area is 122 Å². The number of nitrogens with two attached hydrogens (primary N) is 1. The Morgan fingerprint density at radius 1 is 1.71 bits per heavy atom. The Bertz CT molecular complexity index is 763. The van der Waals surface area contributed by atoms with E-state index in [4.69, 9.17) is 15.1 Å². The van der Waals surface area contributed by atoms with Crippen LogP contribution >= 0.6 is 19.4 Å². The Morgan fingerprint density at radius 3 is 3.24 bits per heavy atom. The summed E-state index contributed by atoms with van der Waals surface area (Å²) in [5, 5.41) is -0.101. The van der Waals surface area contributed by atoms with E-state index in [1.54, 1.807) is 0 Å². The number of anilines is 1. The maximum Gasteiger partial charge on any atom is 0.337 e. The number of nitrogens with zero attached hydrogens (tertiary/aromatic N) is 3. The van der Waals surface area contributed by atoms with Gasteiger partial charge in [-0.2, -0.15) is 9.71 Å². The molecule has 2 aromatic rings. The van der Waals surface area contributed by atoms with E-state index < -0.39 is 13.2 Å². The second-order valence-electron chi connectivity index (χ2n) is 4.34. The third-order valence-electron chi connectivity index (χ3n) is 2.73. The number of aromatic amines is 1. The van der Waals surface area contributed by atoms with Gasteiger partial charge in [-0.1, -0.05) is 0 Å². The molecule has 3 rings (SSSR count). The molecule has 1 aliphatic rings. The smallest absolute Gasteiger partial charge is 0.337 e. The summed E-state index contributed by atoms with van der Waals surface area (Å²) >= 11 is 1.29. The first-order valence-electron chi connectivity index (χ1n) is 5.89.